The van der Waals surface area contributed by atoms with Gasteiger partial charge in [0.05, 0.1) is 29.7 Å². The Morgan fingerprint density at radius 1 is 1.20 bits per heavy atom. The van der Waals surface area contributed by atoms with E-state index in [2.05, 4.69) is 15.3 Å². The molecule has 10 heteroatoms. The fraction of sp³-hybridized carbons (Fsp3) is 0.250. The summed E-state index contributed by atoms with van der Waals surface area (Å²) in [5.41, 5.74) is 0.329. The number of piperidine rings is 1. The van der Waals surface area contributed by atoms with Gasteiger partial charge in [0.25, 0.3) is 11.8 Å². The van der Waals surface area contributed by atoms with E-state index < -0.39 is 30.0 Å². The lowest BCUT2D eigenvalue weighted by Gasteiger charge is -2.35. The number of pyridine rings is 1. The van der Waals surface area contributed by atoms with Crippen LogP contribution in [0.4, 0.5) is 28.9 Å². The van der Waals surface area contributed by atoms with Crippen molar-refractivity contribution >= 4 is 28.6 Å². The summed E-state index contributed by atoms with van der Waals surface area (Å²) in [4.78, 5) is 22.1. The number of aromatic nitrogens is 2. The van der Waals surface area contributed by atoms with Crippen molar-refractivity contribution in [2.24, 2.45) is 0 Å². The van der Waals surface area contributed by atoms with Gasteiger partial charge in [0, 0.05) is 24.5 Å². The van der Waals surface area contributed by atoms with Gasteiger partial charge in [0.15, 0.2) is 0 Å². The largest absolute Gasteiger partial charge is 0.364 e. The third kappa shape index (κ3) is 4.13. The second-order valence-electron chi connectivity index (χ2n) is 6.86. The molecule has 1 aliphatic rings. The molecule has 1 N–H and O–H groups in total. The number of carbonyl (C=O) groups is 1. The van der Waals surface area contributed by atoms with Crippen LogP contribution in [0.1, 0.15) is 23.3 Å². The molecule has 0 aliphatic carbocycles. The fourth-order valence-corrected chi connectivity index (χ4v) is 4.16. The normalized spacial score (nSPS) is 15.8. The Morgan fingerprint density at radius 3 is 2.70 bits per heavy atom. The van der Waals surface area contributed by atoms with Gasteiger partial charge in [-0.05, 0) is 24.6 Å². The van der Waals surface area contributed by atoms with Crippen LogP contribution < -0.4 is 10.2 Å². The number of hydrogen-bond acceptors (Lipinski definition) is 5. The molecule has 4 rings (SSSR count). The van der Waals surface area contributed by atoms with E-state index in [1.54, 1.807) is 6.07 Å². The zero-order chi connectivity index (χ0) is 21.3. The van der Waals surface area contributed by atoms with Crippen LogP contribution in [0.25, 0.3) is 10.6 Å². The molecule has 0 atom stereocenters. The van der Waals surface area contributed by atoms with Gasteiger partial charge in [0.1, 0.15) is 22.3 Å². The number of benzene rings is 1. The first kappa shape index (κ1) is 20.3. The van der Waals surface area contributed by atoms with E-state index in [1.165, 1.54) is 28.7 Å². The second-order valence-corrected chi connectivity index (χ2v) is 7.72. The van der Waals surface area contributed by atoms with Gasteiger partial charge in [-0.2, -0.15) is 0 Å². The number of halogens is 4. The quantitative estimate of drug-likeness (QED) is 0.587. The average molecular weight is 436 g/mol. The molecule has 0 bridgehead atoms. The lowest BCUT2D eigenvalue weighted by atomic mass is 10.1. The molecule has 1 aromatic carbocycles. The Labute approximate surface area is 173 Å². The topological polar surface area (TPSA) is 58.1 Å². The van der Waals surface area contributed by atoms with Crippen molar-refractivity contribution in [3.63, 3.8) is 0 Å². The molecule has 1 fully saturated rings. The molecule has 0 radical (unpaired) electrons. The van der Waals surface area contributed by atoms with Crippen molar-refractivity contribution in [1.29, 1.82) is 0 Å². The molecular weight excluding hydrogens is 420 g/mol. The molecule has 1 aliphatic heterocycles. The van der Waals surface area contributed by atoms with Crippen LogP contribution in [0.2, 0.25) is 0 Å². The Balaban J connectivity index is 1.57. The molecule has 156 valence electrons. The minimum atomic E-state index is -2.81. The minimum Gasteiger partial charge on any atom is -0.364 e. The SMILES string of the molecule is O=C(Nc1cnccc1N1CCCC(F)(F)C1)c1csc(-c2c(F)cccc2F)n1. The highest BCUT2D eigenvalue weighted by molar-refractivity contribution is 7.13. The first-order chi connectivity index (χ1) is 14.3. The van der Waals surface area contributed by atoms with Crippen molar-refractivity contribution in [3.8, 4) is 10.6 Å². The monoisotopic (exact) mass is 436 g/mol. The van der Waals surface area contributed by atoms with Crippen LogP contribution in [-0.2, 0) is 0 Å². The van der Waals surface area contributed by atoms with Gasteiger partial charge < -0.3 is 10.2 Å². The van der Waals surface area contributed by atoms with Gasteiger partial charge in [-0.15, -0.1) is 11.3 Å². The summed E-state index contributed by atoms with van der Waals surface area (Å²) in [5, 5.41) is 4.02. The summed E-state index contributed by atoms with van der Waals surface area (Å²) in [6.45, 7) is -0.0246. The molecule has 30 heavy (non-hydrogen) atoms. The molecule has 3 heterocycles. The third-order valence-electron chi connectivity index (χ3n) is 4.69. The minimum absolute atomic E-state index is 0.0258. The Hall–Kier alpha value is -3.01. The standard InChI is InChI=1S/C20H16F4N4OS/c21-12-3-1-4-13(22)17(12)19-27-15(10-30-19)18(29)26-14-9-25-7-5-16(14)28-8-2-6-20(23,24)11-28/h1,3-5,7,9-10H,2,6,8,11H2,(H,26,29). The van der Waals surface area contributed by atoms with Crippen molar-refractivity contribution in [1.82, 2.24) is 9.97 Å². The van der Waals surface area contributed by atoms with Crippen LogP contribution in [-0.4, -0.2) is 34.9 Å². The number of hydrogen-bond donors (Lipinski definition) is 1. The fourth-order valence-electron chi connectivity index (χ4n) is 3.31. The Kier molecular flexibility index (Phi) is 5.42. The van der Waals surface area contributed by atoms with E-state index in [0.717, 1.165) is 23.5 Å². The van der Waals surface area contributed by atoms with E-state index in [1.807, 2.05) is 0 Å². The maximum Gasteiger partial charge on any atom is 0.275 e. The summed E-state index contributed by atoms with van der Waals surface area (Å²) < 4.78 is 55.6. The van der Waals surface area contributed by atoms with E-state index in [4.69, 9.17) is 0 Å². The highest BCUT2D eigenvalue weighted by Gasteiger charge is 2.36. The number of anilines is 2. The second kappa shape index (κ2) is 8.02. The maximum absolute atomic E-state index is 14.0. The van der Waals surface area contributed by atoms with E-state index in [0.29, 0.717) is 18.7 Å². The molecule has 1 saturated heterocycles. The van der Waals surface area contributed by atoms with Crippen LogP contribution in [0.5, 0.6) is 0 Å². The van der Waals surface area contributed by atoms with Crippen LogP contribution in [0, 0.1) is 11.6 Å². The van der Waals surface area contributed by atoms with Gasteiger partial charge in [-0.25, -0.2) is 22.5 Å². The van der Waals surface area contributed by atoms with Crippen LogP contribution in [0.3, 0.4) is 0 Å². The third-order valence-corrected chi connectivity index (χ3v) is 5.55. The first-order valence-electron chi connectivity index (χ1n) is 9.12. The predicted octanol–water partition coefficient (Wildman–Crippen LogP) is 4.97. The van der Waals surface area contributed by atoms with Crippen molar-refractivity contribution < 1.29 is 22.4 Å². The lowest BCUT2D eigenvalue weighted by Crippen LogP contribution is -2.43. The highest BCUT2D eigenvalue weighted by Crippen LogP contribution is 2.34. The number of nitrogens with one attached hydrogen (secondary N) is 1. The summed E-state index contributed by atoms with van der Waals surface area (Å²) in [5.74, 6) is -5.00. The molecule has 0 unspecified atom stereocenters. The summed E-state index contributed by atoms with van der Waals surface area (Å²) in [6.07, 6.45) is 2.97. The number of alkyl halides is 2. The smallest absolute Gasteiger partial charge is 0.275 e. The summed E-state index contributed by atoms with van der Waals surface area (Å²) in [6, 6.07) is 5.01. The zero-order valence-corrected chi connectivity index (χ0v) is 16.4. The number of amides is 1. The van der Waals surface area contributed by atoms with Crippen LogP contribution in [0.15, 0.2) is 42.0 Å². The molecule has 5 nitrogen and oxygen atoms in total. The van der Waals surface area contributed by atoms with E-state index >= 15 is 0 Å². The molecular formula is C20H16F4N4OS. The number of rotatable bonds is 4. The van der Waals surface area contributed by atoms with Gasteiger partial charge >= 0.3 is 0 Å². The number of nitrogens with zero attached hydrogens (tertiary/aromatic N) is 3. The number of carbonyl (C=O) groups excluding carboxylic acids is 1. The molecule has 2 aromatic heterocycles. The Bertz CT molecular complexity index is 1070. The zero-order valence-electron chi connectivity index (χ0n) is 15.5. The molecule has 3 aromatic rings. The molecule has 1 amide bonds. The van der Waals surface area contributed by atoms with Crippen molar-refractivity contribution in [2.45, 2.75) is 18.8 Å². The van der Waals surface area contributed by atoms with Gasteiger partial charge in [0.2, 0.25) is 0 Å². The summed E-state index contributed by atoms with van der Waals surface area (Å²) >= 11 is 0.925. The average Bonchev–Trinajstić information content (AvgIpc) is 3.17. The van der Waals surface area contributed by atoms with Gasteiger partial charge in [-0.1, -0.05) is 6.07 Å². The lowest BCUT2D eigenvalue weighted by molar-refractivity contribution is -0.0116. The van der Waals surface area contributed by atoms with Crippen molar-refractivity contribution in [3.05, 3.63) is 59.4 Å². The maximum atomic E-state index is 14.0. The molecule has 0 saturated carbocycles. The van der Waals surface area contributed by atoms with Crippen LogP contribution >= 0.6 is 11.3 Å². The van der Waals surface area contributed by atoms with Crippen molar-refractivity contribution in [2.75, 3.05) is 23.3 Å². The first-order valence-corrected chi connectivity index (χ1v) is 10.00. The Morgan fingerprint density at radius 2 is 1.97 bits per heavy atom. The predicted molar refractivity (Wildman–Crippen MR) is 106 cm³/mol. The highest BCUT2D eigenvalue weighted by atomic mass is 32.1. The van der Waals surface area contributed by atoms with E-state index in [9.17, 15) is 22.4 Å². The molecule has 0 spiro atoms. The van der Waals surface area contributed by atoms with Gasteiger partial charge in [-0.3, -0.25) is 9.78 Å². The number of thiazole rings is 1. The van der Waals surface area contributed by atoms with E-state index in [-0.39, 0.29) is 28.4 Å². The summed E-state index contributed by atoms with van der Waals surface area (Å²) in [7, 11) is 0.